The van der Waals surface area contributed by atoms with Crippen molar-refractivity contribution in [2.24, 2.45) is 5.92 Å². The molecule has 1 aliphatic heterocycles. The molecule has 26 heavy (non-hydrogen) atoms. The molecule has 0 atom stereocenters. The van der Waals surface area contributed by atoms with Gasteiger partial charge < -0.3 is 0 Å². The molecule has 3 fully saturated rings. The molecule has 1 aromatic carbocycles. The SMILES string of the molecule is C[N+](C)(C(=O)[C@H]1C[C@](F)(c2ccc(CN3CCCC3)c(Cl)c2)C1)C1CC1. The summed E-state index contributed by atoms with van der Waals surface area (Å²) in [4.78, 5) is 15.1. The first kappa shape index (κ1) is 18.4. The quantitative estimate of drug-likeness (QED) is 0.712. The summed E-state index contributed by atoms with van der Waals surface area (Å²) in [6.45, 7) is 3.07. The maximum atomic E-state index is 15.3. The molecule has 0 unspecified atom stereocenters. The number of hydrogen-bond donors (Lipinski definition) is 0. The van der Waals surface area contributed by atoms with Crippen LogP contribution in [-0.2, 0) is 17.0 Å². The number of benzene rings is 1. The third-order valence-electron chi connectivity index (χ3n) is 6.68. The van der Waals surface area contributed by atoms with Crippen molar-refractivity contribution in [3.63, 3.8) is 0 Å². The minimum atomic E-state index is -1.40. The van der Waals surface area contributed by atoms with Gasteiger partial charge in [-0.1, -0.05) is 23.7 Å². The topological polar surface area (TPSA) is 20.3 Å². The number of likely N-dealkylation sites (tertiary alicyclic amines) is 1. The van der Waals surface area contributed by atoms with E-state index in [-0.39, 0.29) is 11.8 Å². The Morgan fingerprint density at radius 3 is 2.50 bits per heavy atom. The lowest BCUT2D eigenvalue weighted by atomic mass is 9.68. The zero-order valence-electron chi connectivity index (χ0n) is 15.8. The highest BCUT2D eigenvalue weighted by molar-refractivity contribution is 6.31. The number of hydrogen-bond acceptors (Lipinski definition) is 2. The van der Waals surface area contributed by atoms with Crippen molar-refractivity contribution in [3.8, 4) is 0 Å². The van der Waals surface area contributed by atoms with Crippen LogP contribution in [0, 0.1) is 5.92 Å². The van der Waals surface area contributed by atoms with Crippen molar-refractivity contribution in [1.29, 1.82) is 0 Å². The summed E-state index contributed by atoms with van der Waals surface area (Å²) in [6, 6.07) is 6.07. The fourth-order valence-corrected chi connectivity index (χ4v) is 4.88. The Balaban J connectivity index is 1.41. The van der Waals surface area contributed by atoms with E-state index in [1.54, 1.807) is 6.07 Å². The van der Waals surface area contributed by atoms with Gasteiger partial charge in [-0.15, -0.1) is 0 Å². The highest BCUT2D eigenvalue weighted by atomic mass is 35.5. The summed E-state index contributed by atoms with van der Waals surface area (Å²) in [5.74, 6) is 0.0242. The van der Waals surface area contributed by atoms with E-state index < -0.39 is 5.67 Å². The molecule has 2 saturated carbocycles. The van der Waals surface area contributed by atoms with Crippen molar-refractivity contribution in [2.45, 2.75) is 56.8 Å². The first-order chi connectivity index (χ1) is 12.3. The standard InChI is InChI=1S/C21H29ClFN2O/c1-25(2,18-7-8-18)20(26)16-12-21(23,13-16)17-6-5-15(19(22)11-17)14-24-9-3-4-10-24/h5-6,11,16,18H,3-4,7-10,12-14H2,1-2H3/q+1/t16-,21+. The summed E-state index contributed by atoms with van der Waals surface area (Å²) in [6.07, 6.45) is 5.30. The molecular formula is C21H29ClFN2O+. The summed E-state index contributed by atoms with van der Waals surface area (Å²) in [7, 11) is 3.95. The zero-order valence-corrected chi connectivity index (χ0v) is 16.6. The van der Waals surface area contributed by atoms with Gasteiger partial charge in [0.15, 0.2) is 0 Å². The van der Waals surface area contributed by atoms with E-state index in [0.717, 1.165) is 38.0 Å². The molecule has 0 aromatic heterocycles. The molecule has 0 bridgehead atoms. The van der Waals surface area contributed by atoms with Gasteiger partial charge in [0.2, 0.25) is 0 Å². The predicted octanol–water partition coefficient (Wildman–Crippen LogP) is 4.28. The average Bonchev–Trinajstić information content (AvgIpc) is 3.32. The van der Waals surface area contributed by atoms with E-state index in [9.17, 15) is 4.79 Å². The van der Waals surface area contributed by atoms with Crippen molar-refractivity contribution < 1.29 is 13.7 Å². The Labute approximate surface area is 160 Å². The summed E-state index contributed by atoms with van der Waals surface area (Å²) >= 11 is 6.45. The third kappa shape index (κ3) is 3.32. The van der Waals surface area contributed by atoms with Gasteiger partial charge in [-0.25, -0.2) is 9.18 Å². The number of nitrogens with zero attached hydrogens (tertiary/aromatic N) is 2. The van der Waals surface area contributed by atoms with Gasteiger partial charge in [-0.05, 0) is 43.1 Å². The van der Waals surface area contributed by atoms with E-state index in [2.05, 4.69) is 4.90 Å². The van der Waals surface area contributed by atoms with Gasteiger partial charge in [-0.2, -0.15) is 0 Å². The second-order valence-electron chi connectivity index (χ2n) is 8.97. The van der Waals surface area contributed by atoms with Gasteiger partial charge >= 0.3 is 5.91 Å². The fraction of sp³-hybridized carbons (Fsp3) is 0.667. The molecule has 1 heterocycles. The lowest BCUT2D eigenvalue weighted by Crippen LogP contribution is -2.55. The fourth-order valence-electron chi connectivity index (χ4n) is 4.64. The molecule has 5 heteroatoms. The van der Waals surface area contributed by atoms with Crippen LogP contribution in [0.2, 0.25) is 5.02 Å². The van der Waals surface area contributed by atoms with Crippen LogP contribution in [-0.4, -0.2) is 48.5 Å². The Bertz CT molecular complexity index is 704. The number of amides is 1. The molecule has 0 radical (unpaired) electrons. The van der Waals surface area contributed by atoms with Crippen LogP contribution in [0.4, 0.5) is 4.39 Å². The van der Waals surface area contributed by atoms with Gasteiger partial charge in [-0.3, -0.25) is 9.38 Å². The molecule has 0 N–H and O–H groups in total. The van der Waals surface area contributed by atoms with Crippen molar-refractivity contribution in [3.05, 3.63) is 34.3 Å². The normalized spacial score (nSPS) is 29.6. The number of carbonyl (C=O) groups excluding carboxylic acids is 1. The lowest BCUT2D eigenvalue weighted by Gasteiger charge is -2.43. The Kier molecular flexibility index (Phi) is 4.65. The van der Waals surface area contributed by atoms with Crippen LogP contribution in [0.15, 0.2) is 18.2 Å². The van der Waals surface area contributed by atoms with E-state index >= 15 is 4.39 Å². The van der Waals surface area contributed by atoms with E-state index in [1.807, 2.05) is 26.2 Å². The maximum absolute atomic E-state index is 15.3. The molecular weight excluding hydrogens is 351 g/mol. The van der Waals surface area contributed by atoms with Crippen LogP contribution >= 0.6 is 11.6 Å². The largest absolute Gasteiger partial charge is 0.316 e. The highest BCUT2D eigenvalue weighted by Gasteiger charge is 2.56. The molecule has 1 saturated heterocycles. The lowest BCUT2D eigenvalue weighted by molar-refractivity contribution is -0.827. The van der Waals surface area contributed by atoms with Gasteiger partial charge in [0, 0.05) is 37.3 Å². The minimum absolute atomic E-state index is 0.168. The summed E-state index contributed by atoms with van der Waals surface area (Å²) < 4.78 is 15.8. The minimum Gasteiger partial charge on any atom is -0.299 e. The predicted molar refractivity (Wildman–Crippen MR) is 102 cm³/mol. The molecule has 3 nitrogen and oxygen atoms in total. The molecule has 0 spiro atoms. The smallest absolute Gasteiger partial charge is 0.299 e. The first-order valence-corrected chi connectivity index (χ1v) is 10.3. The van der Waals surface area contributed by atoms with E-state index in [0.29, 0.717) is 34.0 Å². The molecule has 1 aromatic rings. The van der Waals surface area contributed by atoms with Gasteiger partial charge in [0.05, 0.1) is 26.1 Å². The molecule has 142 valence electrons. The van der Waals surface area contributed by atoms with Crippen molar-refractivity contribution in [1.82, 2.24) is 4.90 Å². The molecule has 1 amide bonds. The average molecular weight is 380 g/mol. The highest BCUT2D eigenvalue weighted by Crippen LogP contribution is 2.51. The number of halogens is 2. The second-order valence-corrected chi connectivity index (χ2v) is 9.38. The second kappa shape index (κ2) is 6.57. The Morgan fingerprint density at radius 1 is 1.27 bits per heavy atom. The van der Waals surface area contributed by atoms with Crippen molar-refractivity contribution >= 4 is 17.5 Å². The summed E-state index contributed by atoms with van der Waals surface area (Å²) in [5.41, 5.74) is 0.299. The van der Waals surface area contributed by atoms with Crippen molar-refractivity contribution in [2.75, 3.05) is 27.2 Å². The summed E-state index contributed by atoms with van der Waals surface area (Å²) in [5, 5.41) is 0.648. The Morgan fingerprint density at radius 2 is 1.92 bits per heavy atom. The third-order valence-corrected chi connectivity index (χ3v) is 7.03. The van der Waals surface area contributed by atoms with E-state index in [1.165, 1.54) is 12.8 Å². The van der Waals surface area contributed by atoms with Gasteiger partial charge in [0.25, 0.3) is 0 Å². The first-order valence-electron chi connectivity index (χ1n) is 9.88. The van der Waals surface area contributed by atoms with Crippen LogP contribution in [0.3, 0.4) is 0 Å². The van der Waals surface area contributed by atoms with Crippen LogP contribution < -0.4 is 0 Å². The molecule has 2 aliphatic carbocycles. The molecule has 3 aliphatic rings. The molecule has 4 rings (SSSR count). The monoisotopic (exact) mass is 379 g/mol. The zero-order chi connectivity index (χ0) is 18.5. The van der Waals surface area contributed by atoms with Crippen LogP contribution in [0.25, 0.3) is 0 Å². The number of rotatable bonds is 5. The van der Waals surface area contributed by atoms with Crippen LogP contribution in [0.1, 0.15) is 49.7 Å². The Hall–Kier alpha value is -0.970. The number of alkyl halides is 1. The number of carbonyl (C=O) groups is 1. The van der Waals surface area contributed by atoms with Crippen LogP contribution in [0.5, 0.6) is 0 Å². The van der Waals surface area contributed by atoms with E-state index in [4.69, 9.17) is 11.6 Å². The van der Waals surface area contributed by atoms with Gasteiger partial charge in [0.1, 0.15) is 5.67 Å². The maximum Gasteiger partial charge on any atom is 0.316 e. The number of quaternary nitrogens is 1.